The van der Waals surface area contributed by atoms with Crippen molar-refractivity contribution in [2.75, 3.05) is 13.1 Å². The second kappa shape index (κ2) is 2.77. The maximum absolute atomic E-state index is 11.7. The zero-order valence-electron chi connectivity index (χ0n) is 7.56. The average Bonchev–Trinajstić information content (AvgIpc) is 2.34. The van der Waals surface area contributed by atoms with Crippen LogP contribution in [-0.4, -0.2) is 24.7 Å². The molecule has 1 saturated carbocycles. The van der Waals surface area contributed by atoms with Crippen LogP contribution in [0.25, 0.3) is 0 Å². The Hall–Kier alpha value is -0.960. The third-order valence-electron chi connectivity index (χ3n) is 3.20. The highest BCUT2D eigenvalue weighted by Crippen LogP contribution is 2.43. The van der Waals surface area contributed by atoms with Gasteiger partial charge >= 0.3 is 0 Å². The van der Waals surface area contributed by atoms with E-state index >= 15 is 0 Å². The number of carbonyl (C=O) groups excluding carboxylic acids is 2. The highest BCUT2D eigenvalue weighted by atomic mass is 16.2. The van der Waals surface area contributed by atoms with Crippen molar-refractivity contribution in [3.63, 3.8) is 0 Å². The lowest BCUT2D eigenvalue weighted by Gasteiger charge is -2.32. The Morgan fingerprint density at radius 2 is 1.85 bits per heavy atom. The first-order valence-electron chi connectivity index (χ1n) is 4.63. The molecule has 0 atom stereocenters. The van der Waals surface area contributed by atoms with Gasteiger partial charge in [0.25, 0.3) is 0 Å². The summed E-state index contributed by atoms with van der Waals surface area (Å²) in [5.74, 6) is -0.439. The minimum Gasteiger partial charge on any atom is -0.317 e. The largest absolute Gasteiger partial charge is 0.317 e. The maximum Gasteiger partial charge on any atom is 0.208 e. The van der Waals surface area contributed by atoms with E-state index in [2.05, 4.69) is 11.9 Å². The number of rotatable bonds is 0. The molecule has 1 saturated heterocycles. The quantitative estimate of drug-likeness (QED) is 0.434. The predicted molar refractivity (Wildman–Crippen MR) is 48.3 cm³/mol. The Kier molecular flexibility index (Phi) is 1.84. The molecule has 0 aromatic carbocycles. The van der Waals surface area contributed by atoms with Gasteiger partial charge in [0.05, 0.1) is 5.41 Å². The Morgan fingerprint density at radius 1 is 1.23 bits per heavy atom. The Morgan fingerprint density at radius 3 is 2.31 bits per heavy atom. The van der Waals surface area contributed by atoms with Gasteiger partial charge < -0.3 is 5.32 Å². The van der Waals surface area contributed by atoms with Crippen molar-refractivity contribution in [1.29, 1.82) is 0 Å². The van der Waals surface area contributed by atoms with Gasteiger partial charge in [-0.05, 0) is 25.9 Å². The fraction of sp³-hybridized carbons (Fsp3) is 0.600. The minimum absolute atomic E-state index is 0.195. The van der Waals surface area contributed by atoms with Gasteiger partial charge in [0.1, 0.15) is 0 Å². The summed E-state index contributed by atoms with van der Waals surface area (Å²) in [6, 6.07) is 0. The summed E-state index contributed by atoms with van der Waals surface area (Å²) >= 11 is 0. The van der Waals surface area contributed by atoms with Crippen LogP contribution < -0.4 is 5.32 Å². The third-order valence-corrected chi connectivity index (χ3v) is 3.20. The van der Waals surface area contributed by atoms with Gasteiger partial charge in [-0.15, -0.1) is 0 Å². The van der Waals surface area contributed by atoms with Crippen LogP contribution in [0.1, 0.15) is 19.3 Å². The molecule has 2 rings (SSSR count). The highest BCUT2D eigenvalue weighted by Gasteiger charge is 2.50. The first kappa shape index (κ1) is 8.63. The van der Waals surface area contributed by atoms with E-state index < -0.39 is 5.41 Å². The summed E-state index contributed by atoms with van der Waals surface area (Å²) in [6.45, 7) is 5.50. The molecule has 3 nitrogen and oxygen atoms in total. The van der Waals surface area contributed by atoms with Crippen molar-refractivity contribution in [1.82, 2.24) is 5.32 Å². The molecule has 1 spiro atoms. The van der Waals surface area contributed by atoms with E-state index in [0.717, 1.165) is 31.5 Å². The number of piperidine rings is 1. The van der Waals surface area contributed by atoms with Crippen LogP contribution in [0.2, 0.25) is 0 Å². The van der Waals surface area contributed by atoms with E-state index in [1.807, 2.05) is 0 Å². The summed E-state index contributed by atoms with van der Waals surface area (Å²) in [5, 5.41) is 3.19. The van der Waals surface area contributed by atoms with Crippen molar-refractivity contribution in [3.8, 4) is 0 Å². The number of Topliss-reactive ketones (excluding diaryl/α,β-unsaturated/α-hetero) is 2. The molecule has 2 aliphatic rings. The standard InChI is InChI=1S/C10H13NO2/c1-7-6-8(12)9(13)10(7)2-4-11-5-3-10/h11H,1-6H2. The van der Waals surface area contributed by atoms with E-state index in [1.54, 1.807) is 0 Å². The average molecular weight is 179 g/mol. The van der Waals surface area contributed by atoms with Gasteiger partial charge in [0.2, 0.25) is 11.6 Å². The van der Waals surface area contributed by atoms with Crippen LogP contribution in [0.3, 0.4) is 0 Å². The summed E-state index contributed by atoms with van der Waals surface area (Å²) in [5.41, 5.74) is 0.353. The first-order valence-corrected chi connectivity index (χ1v) is 4.63. The molecule has 0 aromatic rings. The highest BCUT2D eigenvalue weighted by molar-refractivity contribution is 6.43. The van der Waals surface area contributed by atoms with Crippen molar-refractivity contribution in [2.24, 2.45) is 5.41 Å². The van der Waals surface area contributed by atoms with Crippen molar-refractivity contribution < 1.29 is 9.59 Å². The molecule has 1 aliphatic carbocycles. The SMILES string of the molecule is C=C1CC(=O)C(=O)C12CCNCC2. The van der Waals surface area contributed by atoms with Gasteiger partial charge in [-0.25, -0.2) is 0 Å². The van der Waals surface area contributed by atoms with Gasteiger partial charge in [0.15, 0.2) is 0 Å². The van der Waals surface area contributed by atoms with Crippen LogP contribution in [0.5, 0.6) is 0 Å². The van der Waals surface area contributed by atoms with Crippen LogP contribution in [-0.2, 0) is 9.59 Å². The fourth-order valence-corrected chi connectivity index (χ4v) is 2.30. The maximum atomic E-state index is 11.7. The molecule has 0 amide bonds. The fourth-order valence-electron chi connectivity index (χ4n) is 2.30. The predicted octanol–water partition coefficient (Wildman–Crippen LogP) is 0.454. The summed E-state index contributed by atoms with van der Waals surface area (Å²) in [6.07, 6.45) is 1.77. The number of allylic oxidation sites excluding steroid dienone is 1. The molecule has 1 aliphatic heterocycles. The van der Waals surface area contributed by atoms with Gasteiger partial charge in [-0.3, -0.25) is 9.59 Å². The lowest BCUT2D eigenvalue weighted by atomic mass is 9.74. The lowest BCUT2D eigenvalue weighted by Crippen LogP contribution is -2.41. The summed E-state index contributed by atoms with van der Waals surface area (Å²) in [7, 11) is 0. The first-order chi connectivity index (χ1) is 6.17. The normalized spacial score (nSPS) is 27.2. The molecule has 3 heteroatoms. The molecular weight excluding hydrogens is 166 g/mol. The molecule has 1 N–H and O–H groups in total. The second-order valence-electron chi connectivity index (χ2n) is 3.86. The molecule has 0 radical (unpaired) electrons. The topological polar surface area (TPSA) is 46.2 Å². The van der Waals surface area contributed by atoms with E-state index in [1.165, 1.54) is 0 Å². The molecular formula is C10H13NO2. The molecule has 2 fully saturated rings. The molecule has 13 heavy (non-hydrogen) atoms. The van der Waals surface area contributed by atoms with E-state index in [9.17, 15) is 9.59 Å². The number of carbonyl (C=O) groups is 2. The molecule has 0 aromatic heterocycles. The van der Waals surface area contributed by atoms with E-state index in [0.29, 0.717) is 0 Å². The van der Waals surface area contributed by atoms with E-state index in [-0.39, 0.29) is 18.0 Å². The molecule has 1 heterocycles. The third kappa shape index (κ3) is 1.07. The van der Waals surface area contributed by atoms with Crippen LogP contribution >= 0.6 is 0 Å². The number of nitrogens with one attached hydrogen (secondary N) is 1. The molecule has 0 unspecified atom stereocenters. The Balaban J connectivity index is 2.33. The van der Waals surface area contributed by atoms with Crippen LogP contribution in [0, 0.1) is 5.41 Å². The molecule has 0 bridgehead atoms. The zero-order chi connectivity index (χ0) is 9.47. The van der Waals surface area contributed by atoms with Gasteiger partial charge in [-0.1, -0.05) is 12.2 Å². The van der Waals surface area contributed by atoms with Gasteiger partial charge in [-0.2, -0.15) is 0 Å². The van der Waals surface area contributed by atoms with Crippen molar-refractivity contribution >= 4 is 11.6 Å². The van der Waals surface area contributed by atoms with Gasteiger partial charge in [0, 0.05) is 6.42 Å². The number of hydrogen-bond donors (Lipinski definition) is 1. The number of hydrogen-bond acceptors (Lipinski definition) is 3. The molecule has 70 valence electrons. The minimum atomic E-state index is -0.484. The Labute approximate surface area is 77.2 Å². The zero-order valence-corrected chi connectivity index (χ0v) is 7.56. The monoisotopic (exact) mass is 179 g/mol. The van der Waals surface area contributed by atoms with Crippen LogP contribution in [0.15, 0.2) is 12.2 Å². The lowest BCUT2D eigenvalue weighted by molar-refractivity contribution is -0.138. The smallest absolute Gasteiger partial charge is 0.208 e. The Bertz CT molecular complexity index is 287. The summed E-state index contributed by atoms with van der Waals surface area (Å²) < 4.78 is 0. The summed E-state index contributed by atoms with van der Waals surface area (Å²) in [4.78, 5) is 22.9. The van der Waals surface area contributed by atoms with Crippen LogP contribution in [0.4, 0.5) is 0 Å². The van der Waals surface area contributed by atoms with Crippen molar-refractivity contribution in [2.45, 2.75) is 19.3 Å². The van der Waals surface area contributed by atoms with Crippen molar-refractivity contribution in [3.05, 3.63) is 12.2 Å². The second-order valence-corrected chi connectivity index (χ2v) is 3.86. The number of ketones is 2. The van der Waals surface area contributed by atoms with E-state index in [4.69, 9.17) is 0 Å².